The van der Waals surface area contributed by atoms with Crippen LogP contribution in [0.4, 0.5) is 0 Å². The summed E-state index contributed by atoms with van der Waals surface area (Å²) < 4.78 is 4.48. The highest BCUT2D eigenvalue weighted by molar-refractivity contribution is 5.96. The van der Waals surface area contributed by atoms with Crippen molar-refractivity contribution in [1.29, 1.82) is 0 Å². The van der Waals surface area contributed by atoms with Gasteiger partial charge in [0.1, 0.15) is 6.26 Å². The summed E-state index contributed by atoms with van der Waals surface area (Å²) in [7, 11) is 0. The average molecular weight is 198 g/mol. The van der Waals surface area contributed by atoms with E-state index in [1.165, 1.54) is 12.3 Å². The highest BCUT2D eigenvalue weighted by Crippen LogP contribution is 1.94. The van der Waals surface area contributed by atoms with Crippen LogP contribution in [0, 0.1) is 0 Å². The van der Waals surface area contributed by atoms with E-state index < -0.39 is 11.9 Å². The lowest BCUT2D eigenvalue weighted by molar-refractivity contribution is 0.0939. The first-order valence-corrected chi connectivity index (χ1v) is 3.83. The van der Waals surface area contributed by atoms with Crippen molar-refractivity contribution in [2.24, 2.45) is 10.9 Å². The zero-order chi connectivity index (χ0) is 10.6. The Hall–Kier alpha value is -2.05. The van der Waals surface area contributed by atoms with Crippen LogP contribution >= 0.6 is 0 Å². The van der Waals surface area contributed by atoms with Gasteiger partial charge in [0.05, 0.1) is 6.04 Å². The summed E-state index contributed by atoms with van der Waals surface area (Å²) in [6.07, 6.45) is 1.28. The smallest absolute Gasteiger partial charge is 0.274 e. The molecule has 0 saturated heterocycles. The van der Waals surface area contributed by atoms with Crippen LogP contribution in [-0.4, -0.2) is 28.1 Å². The van der Waals surface area contributed by atoms with Gasteiger partial charge in [-0.1, -0.05) is 10.3 Å². The second kappa shape index (κ2) is 4.26. The van der Waals surface area contributed by atoms with Gasteiger partial charge in [0.25, 0.3) is 5.91 Å². The van der Waals surface area contributed by atoms with Gasteiger partial charge in [0.15, 0.2) is 11.5 Å². The molecule has 1 aromatic heterocycles. The molecule has 0 saturated carbocycles. The third kappa shape index (κ3) is 2.22. The molecule has 4 N–H and O–H groups in total. The minimum absolute atomic E-state index is 0.0816. The van der Waals surface area contributed by atoms with Gasteiger partial charge in [-0.05, 0) is 6.92 Å². The molecule has 0 spiro atoms. The predicted octanol–water partition coefficient (Wildman–Crippen LogP) is -0.461. The molecule has 1 amide bonds. The zero-order valence-electron chi connectivity index (χ0n) is 7.47. The van der Waals surface area contributed by atoms with Crippen molar-refractivity contribution in [3.8, 4) is 0 Å². The topological polar surface area (TPSA) is 114 Å². The van der Waals surface area contributed by atoms with Gasteiger partial charge in [0.2, 0.25) is 0 Å². The molecule has 1 unspecified atom stereocenters. The largest absolute Gasteiger partial charge is 0.409 e. The van der Waals surface area contributed by atoms with Crippen molar-refractivity contribution in [3.05, 3.63) is 18.0 Å². The maximum absolute atomic E-state index is 11.3. The quantitative estimate of drug-likeness (QED) is 0.263. The van der Waals surface area contributed by atoms with Gasteiger partial charge in [-0.2, -0.15) is 0 Å². The number of aromatic nitrogens is 1. The molecular weight excluding hydrogens is 188 g/mol. The molecule has 0 bridgehead atoms. The molecule has 76 valence electrons. The molecule has 0 aliphatic carbocycles. The third-order valence-corrected chi connectivity index (χ3v) is 1.58. The fourth-order valence-corrected chi connectivity index (χ4v) is 0.761. The van der Waals surface area contributed by atoms with Crippen LogP contribution < -0.4 is 11.1 Å². The molecular formula is C7H10N4O3. The summed E-state index contributed by atoms with van der Waals surface area (Å²) in [5, 5.41) is 17.0. The maximum Gasteiger partial charge on any atom is 0.274 e. The van der Waals surface area contributed by atoms with E-state index in [-0.39, 0.29) is 11.5 Å². The summed E-state index contributed by atoms with van der Waals surface area (Å²) >= 11 is 0. The number of nitrogens with two attached hydrogens (primary N) is 1. The molecule has 1 heterocycles. The van der Waals surface area contributed by atoms with E-state index in [4.69, 9.17) is 10.9 Å². The first kappa shape index (κ1) is 10.0. The normalized spacial score (nSPS) is 13.6. The second-order valence-corrected chi connectivity index (χ2v) is 2.60. The minimum Gasteiger partial charge on any atom is -0.409 e. The van der Waals surface area contributed by atoms with Crippen molar-refractivity contribution >= 4 is 11.7 Å². The molecule has 0 fully saturated rings. The van der Waals surface area contributed by atoms with E-state index in [1.54, 1.807) is 6.92 Å². The van der Waals surface area contributed by atoms with Crippen molar-refractivity contribution in [1.82, 2.24) is 10.5 Å². The van der Waals surface area contributed by atoms with Crippen molar-refractivity contribution < 1.29 is 14.5 Å². The SMILES string of the molecule is CC(NC(=O)c1ccon1)C(N)=NO. The standard InChI is InChI=1S/C7H10N4O3/c1-4(6(8)10-13)9-7(12)5-2-3-14-11-5/h2-4,13H,1H3,(H2,8,10)(H,9,12). The molecule has 0 aromatic carbocycles. The summed E-state index contributed by atoms with van der Waals surface area (Å²) in [6.45, 7) is 1.58. The van der Waals surface area contributed by atoms with Crippen LogP contribution in [0.15, 0.2) is 22.0 Å². The lowest BCUT2D eigenvalue weighted by atomic mass is 10.3. The van der Waals surface area contributed by atoms with Crippen LogP contribution in [-0.2, 0) is 0 Å². The number of hydrogen-bond donors (Lipinski definition) is 3. The van der Waals surface area contributed by atoms with E-state index in [1.807, 2.05) is 0 Å². The average Bonchev–Trinajstić information content (AvgIpc) is 2.69. The maximum atomic E-state index is 11.3. The first-order valence-electron chi connectivity index (χ1n) is 3.83. The molecule has 1 atom stereocenters. The van der Waals surface area contributed by atoms with E-state index in [0.29, 0.717) is 0 Å². The zero-order valence-corrected chi connectivity index (χ0v) is 7.47. The summed E-state index contributed by atoms with van der Waals surface area (Å²) in [6, 6.07) is 0.845. The van der Waals surface area contributed by atoms with E-state index in [9.17, 15) is 4.79 Å². The summed E-state index contributed by atoms with van der Waals surface area (Å²) in [4.78, 5) is 11.3. The number of amides is 1. The third-order valence-electron chi connectivity index (χ3n) is 1.58. The van der Waals surface area contributed by atoms with Crippen molar-refractivity contribution in [2.45, 2.75) is 13.0 Å². The number of rotatable bonds is 3. The monoisotopic (exact) mass is 198 g/mol. The van der Waals surface area contributed by atoms with Gasteiger partial charge in [0, 0.05) is 6.07 Å². The van der Waals surface area contributed by atoms with Crippen LogP contribution in [0.1, 0.15) is 17.4 Å². The molecule has 0 aliphatic heterocycles. The Morgan fingerprint density at radius 1 is 1.86 bits per heavy atom. The molecule has 7 nitrogen and oxygen atoms in total. The first-order chi connectivity index (χ1) is 6.65. The number of amidine groups is 1. The number of nitrogens with one attached hydrogen (secondary N) is 1. The van der Waals surface area contributed by atoms with Crippen LogP contribution in [0.5, 0.6) is 0 Å². The van der Waals surface area contributed by atoms with E-state index in [0.717, 1.165) is 0 Å². The fourth-order valence-electron chi connectivity index (χ4n) is 0.761. The Labute approximate surface area is 79.6 Å². The minimum atomic E-state index is -0.566. The fraction of sp³-hybridized carbons (Fsp3) is 0.286. The summed E-state index contributed by atoms with van der Waals surface area (Å²) in [5.41, 5.74) is 5.40. The Morgan fingerprint density at radius 2 is 2.57 bits per heavy atom. The number of nitrogens with zero attached hydrogens (tertiary/aromatic N) is 2. The van der Waals surface area contributed by atoms with Gasteiger partial charge >= 0.3 is 0 Å². The molecule has 1 aromatic rings. The van der Waals surface area contributed by atoms with Gasteiger partial charge in [-0.15, -0.1) is 0 Å². The summed E-state index contributed by atoms with van der Waals surface area (Å²) in [5.74, 6) is -0.528. The Morgan fingerprint density at radius 3 is 3.07 bits per heavy atom. The van der Waals surface area contributed by atoms with Gasteiger partial charge in [-0.3, -0.25) is 4.79 Å². The number of hydrogen-bond acceptors (Lipinski definition) is 5. The highest BCUT2D eigenvalue weighted by Gasteiger charge is 2.14. The van der Waals surface area contributed by atoms with Gasteiger partial charge < -0.3 is 20.8 Å². The van der Waals surface area contributed by atoms with Crippen LogP contribution in [0.3, 0.4) is 0 Å². The molecule has 7 heteroatoms. The Bertz CT molecular complexity index is 333. The molecule has 0 aliphatic rings. The second-order valence-electron chi connectivity index (χ2n) is 2.60. The van der Waals surface area contributed by atoms with Crippen molar-refractivity contribution in [3.63, 3.8) is 0 Å². The highest BCUT2D eigenvalue weighted by atomic mass is 16.5. The lowest BCUT2D eigenvalue weighted by Crippen LogP contribution is -2.42. The molecule has 1 rings (SSSR count). The van der Waals surface area contributed by atoms with Crippen molar-refractivity contribution in [2.75, 3.05) is 0 Å². The Balaban J connectivity index is 2.58. The number of carbonyl (C=O) groups is 1. The Kier molecular flexibility index (Phi) is 3.05. The van der Waals surface area contributed by atoms with Crippen LogP contribution in [0.2, 0.25) is 0 Å². The number of oxime groups is 1. The predicted molar refractivity (Wildman–Crippen MR) is 46.8 cm³/mol. The molecule has 14 heavy (non-hydrogen) atoms. The number of carbonyl (C=O) groups excluding carboxylic acids is 1. The van der Waals surface area contributed by atoms with E-state index >= 15 is 0 Å². The lowest BCUT2D eigenvalue weighted by Gasteiger charge is -2.09. The van der Waals surface area contributed by atoms with Gasteiger partial charge in [-0.25, -0.2) is 0 Å². The van der Waals surface area contributed by atoms with E-state index in [2.05, 4.69) is 20.2 Å². The van der Waals surface area contributed by atoms with Crippen LogP contribution in [0.25, 0.3) is 0 Å². The molecule has 0 radical (unpaired) electrons.